The fourth-order valence-electron chi connectivity index (χ4n) is 2.60. The molecule has 0 unspecified atom stereocenters. The van der Waals surface area contributed by atoms with E-state index in [9.17, 15) is 4.79 Å². The van der Waals surface area contributed by atoms with Crippen molar-refractivity contribution in [2.45, 2.75) is 13.5 Å². The fourth-order valence-corrected chi connectivity index (χ4v) is 2.60. The molecular weight excluding hydrogens is 288 g/mol. The minimum absolute atomic E-state index is 0.322. The lowest BCUT2D eigenvalue weighted by molar-refractivity contribution is 0.0600. The Balaban J connectivity index is 1.84. The van der Waals surface area contributed by atoms with Crippen LogP contribution in [0, 0.1) is 6.92 Å². The zero-order valence-electron chi connectivity index (χ0n) is 13.2. The number of rotatable bonds is 4. The van der Waals surface area contributed by atoms with E-state index in [1.165, 1.54) is 7.11 Å². The van der Waals surface area contributed by atoms with Gasteiger partial charge in [0, 0.05) is 23.8 Å². The number of anilines is 1. The second-order valence-corrected chi connectivity index (χ2v) is 5.38. The van der Waals surface area contributed by atoms with Gasteiger partial charge >= 0.3 is 5.97 Å². The van der Waals surface area contributed by atoms with Crippen LogP contribution in [0.25, 0.3) is 10.9 Å². The van der Waals surface area contributed by atoms with Gasteiger partial charge in [-0.25, -0.2) is 4.79 Å². The number of benzene rings is 2. The van der Waals surface area contributed by atoms with Gasteiger partial charge in [-0.3, -0.25) is 4.98 Å². The molecule has 0 fully saturated rings. The Morgan fingerprint density at radius 3 is 2.83 bits per heavy atom. The molecule has 0 aliphatic rings. The lowest BCUT2D eigenvalue weighted by Gasteiger charge is -2.11. The first-order valence-electron chi connectivity index (χ1n) is 7.44. The van der Waals surface area contributed by atoms with E-state index in [0.717, 1.165) is 27.7 Å². The average molecular weight is 306 g/mol. The highest BCUT2D eigenvalue weighted by molar-refractivity contribution is 5.93. The highest BCUT2D eigenvalue weighted by atomic mass is 16.5. The van der Waals surface area contributed by atoms with E-state index >= 15 is 0 Å². The van der Waals surface area contributed by atoms with Gasteiger partial charge in [0.05, 0.1) is 18.2 Å². The molecule has 0 radical (unpaired) electrons. The maximum atomic E-state index is 11.6. The van der Waals surface area contributed by atoms with Crippen LogP contribution in [0.5, 0.6) is 0 Å². The molecule has 4 nitrogen and oxygen atoms in total. The molecule has 3 aromatic rings. The van der Waals surface area contributed by atoms with Crippen LogP contribution in [0.4, 0.5) is 5.69 Å². The standard InChI is InChI=1S/C19H18N2O2/c1-13-5-3-8-16-17(9-10-20-18(13)16)21-12-14-6-4-7-15(11-14)19(22)23-2/h3-11H,12H2,1-2H3,(H,20,21). The molecule has 0 saturated carbocycles. The quantitative estimate of drug-likeness (QED) is 0.742. The first-order valence-corrected chi connectivity index (χ1v) is 7.44. The number of aromatic nitrogens is 1. The van der Waals surface area contributed by atoms with Gasteiger partial charge in [-0.15, -0.1) is 0 Å². The summed E-state index contributed by atoms with van der Waals surface area (Å²) in [5.74, 6) is -0.322. The van der Waals surface area contributed by atoms with Gasteiger partial charge in [0.25, 0.3) is 0 Å². The predicted octanol–water partition coefficient (Wildman–Crippen LogP) is 3.94. The molecule has 1 aromatic heterocycles. The summed E-state index contributed by atoms with van der Waals surface area (Å²) in [5, 5.41) is 4.52. The number of hydrogen-bond donors (Lipinski definition) is 1. The molecule has 0 saturated heterocycles. The third-order valence-electron chi connectivity index (χ3n) is 3.80. The fraction of sp³-hybridized carbons (Fsp3) is 0.158. The van der Waals surface area contributed by atoms with Crippen molar-refractivity contribution < 1.29 is 9.53 Å². The summed E-state index contributed by atoms with van der Waals surface area (Å²) < 4.78 is 4.76. The van der Waals surface area contributed by atoms with Gasteiger partial charge in [-0.2, -0.15) is 0 Å². The third kappa shape index (κ3) is 3.16. The van der Waals surface area contributed by atoms with Gasteiger partial charge < -0.3 is 10.1 Å². The molecule has 3 rings (SSSR count). The lowest BCUT2D eigenvalue weighted by Crippen LogP contribution is -2.04. The first kappa shape index (κ1) is 15.0. The SMILES string of the molecule is COC(=O)c1cccc(CNc2ccnc3c(C)cccc23)c1. The zero-order valence-corrected chi connectivity index (χ0v) is 13.2. The van der Waals surface area contributed by atoms with Crippen LogP contribution in [0.2, 0.25) is 0 Å². The summed E-state index contributed by atoms with van der Waals surface area (Å²) in [6.07, 6.45) is 1.81. The van der Waals surface area contributed by atoms with Crippen LogP contribution in [0.1, 0.15) is 21.5 Å². The zero-order chi connectivity index (χ0) is 16.2. The number of fused-ring (bicyclic) bond motifs is 1. The highest BCUT2D eigenvalue weighted by Crippen LogP contribution is 2.24. The van der Waals surface area contributed by atoms with Crippen molar-refractivity contribution in [3.63, 3.8) is 0 Å². The molecule has 116 valence electrons. The van der Waals surface area contributed by atoms with E-state index in [1.54, 1.807) is 6.07 Å². The molecule has 23 heavy (non-hydrogen) atoms. The number of hydrogen-bond acceptors (Lipinski definition) is 4. The molecule has 2 aromatic carbocycles. The van der Waals surface area contributed by atoms with E-state index in [1.807, 2.05) is 36.5 Å². The van der Waals surface area contributed by atoms with Gasteiger partial charge in [-0.05, 0) is 36.2 Å². The number of esters is 1. The number of para-hydroxylation sites is 1. The Morgan fingerprint density at radius 1 is 1.17 bits per heavy atom. The molecule has 0 atom stereocenters. The van der Waals surface area contributed by atoms with Crippen molar-refractivity contribution in [2.75, 3.05) is 12.4 Å². The van der Waals surface area contributed by atoms with Crippen molar-refractivity contribution in [1.82, 2.24) is 4.98 Å². The Bertz CT molecular complexity index is 859. The molecule has 0 amide bonds. The highest BCUT2D eigenvalue weighted by Gasteiger charge is 2.07. The second kappa shape index (κ2) is 6.48. The van der Waals surface area contributed by atoms with Crippen LogP contribution >= 0.6 is 0 Å². The lowest BCUT2D eigenvalue weighted by atomic mass is 10.1. The summed E-state index contributed by atoms with van der Waals surface area (Å²) in [4.78, 5) is 16.0. The van der Waals surface area contributed by atoms with Gasteiger partial charge in [0.15, 0.2) is 0 Å². The summed E-state index contributed by atoms with van der Waals surface area (Å²) in [6, 6.07) is 15.5. The van der Waals surface area contributed by atoms with Gasteiger partial charge in [-0.1, -0.05) is 30.3 Å². The molecule has 0 aliphatic carbocycles. The maximum Gasteiger partial charge on any atom is 0.337 e. The number of carbonyl (C=O) groups excluding carboxylic acids is 1. The van der Waals surface area contributed by atoms with Crippen molar-refractivity contribution in [3.05, 3.63) is 71.4 Å². The number of pyridine rings is 1. The molecule has 0 bridgehead atoms. The van der Waals surface area contributed by atoms with Crippen LogP contribution in [-0.4, -0.2) is 18.1 Å². The van der Waals surface area contributed by atoms with E-state index in [-0.39, 0.29) is 5.97 Å². The van der Waals surface area contributed by atoms with E-state index in [2.05, 4.69) is 29.4 Å². The second-order valence-electron chi connectivity index (χ2n) is 5.38. The average Bonchev–Trinajstić information content (AvgIpc) is 2.60. The maximum absolute atomic E-state index is 11.6. The number of methoxy groups -OCH3 is 1. The Morgan fingerprint density at radius 2 is 2.00 bits per heavy atom. The van der Waals surface area contributed by atoms with Crippen LogP contribution in [0.3, 0.4) is 0 Å². The van der Waals surface area contributed by atoms with Gasteiger partial charge in [0.2, 0.25) is 0 Å². The summed E-state index contributed by atoms with van der Waals surface area (Å²) in [5.41, 5.74) is 4.76. The van der Waals surface area contributed by atoms with E-state index in [0.29, 0.717) is 12.1 Å². The van der Waals surface area contributed by atoms with Gasteiger partial charge in [0.1, 0.15) is 0 Å². The smallest absolute Gasteiger partial charge is 0.337 e. The van der Waals surface area contributed by atoms with Crippen molar-refractivity contribution in [3.8, 4) is 0 Å². The molecule has 0 spiro atoms. The van der Waals surface area contributed by atoms with Crippen molar-refractivity contribution >= 4 is 22.6 Å². The molecule has 0 aliphatic heterocycles. The van der Waals surface area contributed by atoms with E-state index < -0.39 is 0 Å². The third-order valence-corrected chi connectivity index (χ3v) is 3.80. The van der Waals surface area contributed by atoms with Crippen molar-refractivity contribution in [1.29, 1.82) is 0 Å². The summed E-state index contributed by atoms with van der Waals surface area (Å²) >= 11 is 0. The first-order chi connectivity index (χ1) is 11.2. The monoisotopic (exact) mass is 306 g/mol. The largest absolute Gasteiger partial charge is 0.465 e. The molecule has 1 N–H and O–H groups in total. The van der Waals surface area contributed by atoms with Crippen LogP contribution < -0.4 is 5.32 Å². The number of nitrogens with one attached hydrogen (secondary N) is 1. The van der Waals surface area contributed by atoms with Crippen molar-refractivity contribution in [2.24, 2.45) is 0 Å². The van der Waals surface area contributed by atoms with Crippen LogP contribution in [0.15, 0.2) is 54.7 Å². The topological polar surface area (TPSA) is 51.2 Å². The molecular formula is C19H18N2O2. The molecule has 1 heterocycles. The summed E-state index contributed by atoms with van der Waals surface area (Å²) in [7, 11) is 1.39. The number of ether oxygens (including phenoxy) is 1. The predicted molar refractivity (Wildman–Crippen MR) is 91.6 cm³/mol. The number of carbonyl (C=O) groups is 1. The molecule has 4 heteroatoms. The van der Waals surface area contributed by atoms with Crippen LogP contribution in [-0.2, 0) is 11.3 Å². The number of aryl methyl sites for hydroxylation is 1. The minimum Gasteiger partial charge on any atom is -0.465 e. The normalized spacial score (nSPS) is 10.5. The Hall–Kier alpha value is -2.88. The number of nitrogens with zero attached hydrogens (tertiary/aromatic N) is 1. The minimum atomic E-state index is -0.322. The Kier molecular flexibility index (Phi) is 4.24. The Labute approximate surface area is 135 Å². The van der Waals surface area contributed by atoms with E-state index in [4.69, 9.17) is 4.74 Å². The summed E-state index contributed by atoms with van der Waals surface area (Å²) in [6.45, 7) is 2.68.